The Hall–Kier alpha value is -2.94. The van der Waals surface area contributed by atoms with Gasteiger partial charge in [0.1, 0.15) is 0 Å². The van der Waals surface area contributed by atoms with Gasteiger partial charge in [-0.15, -0.1) is 11.3 Å². The number of nitro benzene ring substituents is 1. The monoisotopic (exact) mass is 374 g/mol. The number of benzene rings is 1. The molecule has 26 heavy (non-hydrogen) atoms. The molecule has 136 valence electrons. The van der Waals surface area contributed by atoms with Gasteiger partial charge < -0.3 is 15.1 Å². The van der Waals surface area contributed by atoms with Gasteiger partial charge in [-0.2, -0.15) is 0 Å². The highest BCUT2D eigenvalue weighted by atomic mass is 32.1. The largest absolute Gasteiger partial charge is 0.387 e. The molecule has 0 spiro atoms. The fourth-order valence-electron chi connectivity index (χ4n) is 2.88. The van der Waals surface area contributed by atoms with E-state index in [1.165, 1.54) is 29.5 Å². The number of thiophene rings is 1. The fraction of sp³-hybridized carbons (Fsp3) is 0.294. The zero-order valence-corrected chi connectivity index (χ0v) is 15.0. The summed E-state index contributed by atoms with van der Waals surface area (Å²) in [5, 5.41) is 15.7. The molecule has 9 heteroatoms. The SMILES string of the molecule is CNc1ccc([N+](=O)[O-])cc1C(=O)N1CCN(C(=O)c2cccs2)CC1. The number of amides is 2. The van der Waals surface area contributed by atoms with Crippen molar-refractivity contribution in [2.24, 2.45) is 0 Å². The first kappa shape index (κ1) is 17.9. The van der Waals surface area contributed by atoms with Crippen molar-refractivity contribution in [3.63, 3.8) is 0 Å². The maximum absolute atomic E-state index is 12.8. The summed E-state index contributed by atoms with van der Waals surface area (Å²) in [6, 6.07) is 7.80. The first-order chi connectivity index (χ1) is 12.5. The molecule has 0 saturated carbocycles. The third-order valence-electron chi connectivity index (χ3n) is 4.30. The van der Waals surface area contributed by atoms with Crippen LogP contribution in [-0.2, 0) is 0 Å². The van der Waals surface area contributed by atoms with E-state index in [0.29, 0.717) is 36.7 Å². The van der Waals surface area contributed by atoms with Crippen molar-refractivity contribution < 1.29 is 14.5 Å². The molecule has 1 fully saturated rings. The minimum atomic E-state index is -0.520. The van der Waals surface area contributed by atoms with E-state index in [-0.39, 0.29) is 23.1 Å². The number of nitrogens with zero attached hydrogens (tertiary/aromatic N) is 3. The highest BCUT2D eigenvalue weighted by molar-refractivity contribution is 7.12. The lowest BCUT2D eigenvalue weighted by molar-refractivity contribution is -0.384. The molecule has 2 amide bonds. The summed E-state index contributed by atoms with van der Waals surface area (Å²) in [5.41, 5.74) is 0.677. The number of carbonyl (C=O) groups excluding carboxylic acids is 2. The molecule has 8 nitrogen and oxygen atoms in total. The predicted molar refractivity (Wildman–Crippen MR) is 98.8 cm³/mol. The second kappa shape index (κ2) is 7.52. The van der Waals surface area contributed by atoms with Crippen molar-refractivity contribution in [2.45, 2.75) is 0 Å². The summed E-state index contributed by atoms with van der Waals surface area (Å²) >= 11 is 1.39. The van der Waals surface area contributed by atoms with Crippen LogP contribution in [0.25, 0.3) is 0 Å². The van der Waals surface area contributed by atoms with Crippen LogP contribution in [0.1, 0.15) is 20.0 Å². The lowest BCUT2D eigenvalue weighted by Crippen LogP contribution is -2.50. The summed E-state index contributed by atoms with van der Waals surface area (Å²) in [6.07, 6.45) is 0. The van der Waals surface area contributed by atoms with E-state index in [0.717, 1.165) is 0 Å². The number of hydrogen-bond acceptors (Lipinski definition) is 6. The van der Waals surface area contributed by atoms with Gasteiger partial charge in [-0.05, 0) is 17.5 Å². The van der Waals surface area contributed by atoms with E-state index in [1.807, 2.05) is 11.4 Å². The summed E-state index contributed by atoms with van der Waals surface area (Å²) in [4.78, 5) is 39.7. The maximum atomic E-state index is 12.8. The Morgan fingerprint density at radius 1 is 1.12 bits per heavy atom. The van der Waals surface area contributed by atoms with E-state index in [4.69, 9.17) is 0 Å². The molecule has 1 aliphatic rings. The van der Waals surface area contributed by atoms with Crippen LogP contribution in [0.15, 0.2) is 35.7 Å². The molecule has 2 aromatic rings. The third kappa shape index (κ3) is 3.52. The average molecular weight is 374 g/mol. The number of non-ortho nitro benzene ring substituents is 1. The zero-order chi connectivity index (χ0) is 18.7. The van der Waals surface area contributed by atoms with Gasteiger partial charge in [-0.25, -0.2) is 0 Å². The molecule has 2 heterocycles. The molecule has 0 radical (unpaired) electrons. The van der Waals surface area contributed by atoms with Crippen molar-refractivity contribution in [3.8, 4) is 0 Å². The Balaban J connectivity index is 1.71. The number of rotatable bonds is 4. The van der Waals surface area contributed by atoms with Crippen molar-refractivity contribution in [1.82, 2.24) is 9.80 Å². The minimum Gasteiger partial charge on any atom is -0.387 e. The predicted octanol–water partition coefficient (Wildman–Crippen LogP) is 2.30. The van der Waals surface area contributed by atoms with Crippen molar-refractivity contribution in [3.05, 3.63) is 56.3 Å². The molecule has 1 aromatic carbocycles. The molecular weight excluding hydrogens is 356 g/mol. The van der Waals surface area contributed by atoms with Crippen molar-refractivity contribution in [2.75, 3.05) is 38.5 Å². The Labute approximate surface area is 154 Å². The topological polar surface area (TPSA) is 95.8 Å². The van der Waals surface area contributed by atoms with Gasteiger partial charge >= 0.3 is 0 Å². The average Bonchev–Trinajstić information content (AvgIpc) is 3.21. The molecule has 3 rings (SSSR count). The zero-order valence-electron chi connectivity index (χ0n) is 14.2. The number of nitrogens with one attached hydrogen (secondary N) is 1. The second-order valence-corrected chi connectivity index (χ2v) is 6.75. The highest BCUT2D eigenvalue weighted by Crippen LogP contribution is 2.24. The first-order valence-corrected chi connectivity index (χ1v) is 8.97. The van der Waals surface area contributed by atoms with Crippen LogP contribution in [0.2, 0.25) is 0 Å². The standard InChI is InChI=1S/C17H18N4O4S/c1-18-14-5-4-12(21(24)25)11-13(14)16(22)19-6-8-20(9-7-19)17(23)15-3-2-10-26-15/h2-5,10-11,18H,6-9H2,1H3. The van der Waals surface area contributed by atoms with Crippen LogP contribution in [0.5, 0.6) is 0 Å². The molecule has 0 aliphatic carbocycles. The molecule has 0 bridgehead atoms. The first-order valence-electron chi connectivity index (χ1n) is 8.09. The van der Waals surface area contributed by atoms with E-state index >= 15 is 0 Å². The number of anilines is 1. The molecular formula is C17H18N4O4S. The third-order valence-corrected chi connectivity index (χ3v) is 5.16. The highest BCUT2D eigenvalue weighted by Gasteiger charge is 2.27. The van der Waals surface area contributed by atoms with E-state index in [1.54, 1.807) is 22.9 Å². The van der Waals surface area contributed by atoms with Gasteiger partial charge in [-0.1, -0.05) is 6.07 Å². The lowest BCUT2D eigenvalue weighted by atomic mass is 10.1. The van der Waals surface area contributed by atoms with Gasteiger partial charge in [0.25, 0.3) is 17.5 Å². The Bertz CT molecular complexity index is 829. The van der Waals surface area contributed by atoms with Crippen LogP contribution in [0.4, 0.5) is 11.4 Å². The Kier molecular flexibility index (Phi) is 5.17. The van der Waals surface area contributed by atoms with Gasteiger partial charge in [0, 0.05) is 51.0 Å². The lowest BCUT2D eigenvalue weighted by Gasteiger charge is -2.34. The van der Waals surface area contributed by atoms with Crippen LogP contribution in [0, 0.1) is 10.1 Å². The molecule has 1 N–H and O–H groups in total. The molecule has 0 atom stereocenters. The second-order valence-electron chi connectivity index (χ2n) is 5.80. The normalized spacial score (nSPS) is 14.2. The maximum Gasteiger partial charge on any atom is 0.270 e. The van der Waals surface area contributed by atoms with Crippen molar-refractivity contribution >= 4 is 34.5 Å². The minimum absolute atomic E-state index is 0.0293. The number of nitro groups is 1. The summed E-state index contributed by atoms with van der Waals surface area (Å²) < 4.78 is 0. The summed E-state index contributed by atoms with van der Waals surface area (Å²) in [5.74, 6) is -0.306. The quantitative estimate of drug-likeness (QED) is 0.654. The molecule has 1 saturated heterocycles. The van der Waals surface area contributed by atoms with Crippen LogP contribution >= 0.6 is 11.3 Å². The molecule has 1 aliphatic heterocycles. The van der Waals surface area contributed by atoms with Crippen molar-refractivity contribution in [1.29, 1.82) is 0 Å². The van der Waals surface area contributed by atoms with E-state index in [9.17, 15) is 19.7 Å². The van der Waals surface area contributed by atoms with Gasteiger partial charge in [0.2, 0.25) is 0 Å². The Morgan fingerprint density at radius 3 is 2.31 bits per heavy atom. The van der Waals surface area contributed by atoms with Gasteiger partial charge in [0.15, 0.2) is 0 Å². The molecule has 0 unspecified atom stereocenters. The van der Waals surface area contributed by atoms with Crippen LogP contribution in [0.3, 0.4) is 0 Å². The van der Waals surface area contributed by atoms with Gasteiger partial charge in [-0.3, -0.25) is 19.7 Å². The summed E-state index contributed by atoms with van der Waals surface area (Å²) in [7, 11) is 1.66. The van der Waals surface area contributed by atoms with E-state index in [2.05, 4.69) is 5.32 Å². The van der Waals surface area contributed by atoms with E-state index < -0.39 is 4.92 Å². The summed E-state index contributed by atoms with van der Waals surface area (Å²) in [6.45, 7) is 1.65. The van der Waals surface area contributed by atoms with Gasteiger partial charge in [0.05, 0.1) is 15.4 Å². The molecule has 1 aromatic heterocycles. The number of hydrogen-bond donors (Lipinski definition) is 1. The van der Waals surface area contributed by atoms with Crippen LogP contribution < -0.4 is 5.32 Å². The smallest absolute Gasteiger partial charge is 0.270 e. The Morgan fingerprint density at radius 2 is 1.77 bits per heavy atom. The number of piperazine rings is 1. The number of carbonyl (C=O) groups is 2. The fourth-order valence-corrected chi connectivity index (χ4v) is 3.57. The van der Waals surface area contributed by atoms with Crippen LogP contribution in [-0.4, -0.2) is 59.8 Å².